The number of carbonyl (C=O) groups is 1. The molecular formula is C16H18ClN3O3S2. The van der Waals surface area contributed by atoms with Gasteiger partial charge in [-0.2, -0.15) is 0 Å². The standard InChI is InChI=1S/C16H18ClN3O3S2/c1-18-25(22,23)11-8-15(24-10-11)16(21)20-7-6-19-9-14(20)12-4-2-3-5-13(12)17/h2-5,8,10,14,18-19H,6-7,9H2,1H3. The van der Waals surface area contributed by atoms with Gasteiger partial charge in [0.15, 0.2) is 0 Å². The molecule has 6 nitrogen and oxygen atoms in total. The summed E-state index contributed by atoms with van der Waals surface area (Å²) >= 11 is 7.44. The summed E-state index contributed by atoms with van der Waals surface area (Å²) in [5.74, 6) is -0.186. The first-order valence-electron chi connectivity index (χ1n) is 7.72. The Morgan fingerprint density at radius 3 is 2.88 bits per heavy atom. The lowest BCUT2D eigenvalue weighted by molar-refractivity contribution is 0.0639. The van der Waals surface area contributed by atoms with E-state index in [4.69, 9.17) is 11.6 Å². The Hall–Kier alpha value is -1.45. The first-order valence-corrected chi connectivity index (χ1v) is 10.5. The van der Waals surface area contributed by atoms with E-state index in [1.54, 1.807) is 11.0 Å². The van der Waals surface area contributed by atoms with Gasteiger partial charge in [0, 0.05) is 30.0 Å². The van der Waals surface area contributed by atoms with Gasteiger partial charge in [-0.25, -0.2) is 13.1 Å². The first-order chi connectivity index (χ1) is 11.9. The third-order valence-corrected chi connectivity index (χ3v) is 6.94. The van der Waals surface area contributed by atoms with Crippen molar-refractivity contribution in [3.05, 3.63) is 51.2 Å². The van der Waals surface area contributed by atoms with Crippen LogP contribution >= 0.6 is 22.9 Å². The molecule has 134 valence electrons. The summed E-state index contributed by atoms with van der Waals surface area (Å²) in [4.78, 5) is 15.2. The van der Waals surface area contributed by atoms with Gasteiger partial charge in [0.1, 0.15) is 0 Å². The molecule has 0 saturated carbocycles. The Balaban J connectivity index is 1.91. The Morgan fingerprint density at radius 1 is 1.40 bits per heavy atom. The van der Waals surface area contributed by atoms with E-state index in [0.717, 1.165) is 16.9 Å². The molecule has 1 aliphatic heterocycles. The molecule has 1 aromatic carbocycles. The van der Waals surface area contributed by atoms with Crippen molar-refractivity contribution in [2.75, 3.05) is 26.7 Å². The van der Waals surface area contributed by atoms with Gasteiger partial charge in [-0.1, -0.05) is 29.8 Å². The molecule has 2 heterocycles. The maximum absolute atomic E-state index is 13.0. The molecule has 9 heteroatoms. The molecule has 0 spiro atoms. The van der Waals surface area contributed by atoms with E-state index in [-0.39, 0.29) is 16.8 Å². The van der Waals surface area contributed by atoms with Gasteiger partial charge < -0.3 is 10.2 Å². The fourth-order valence-electron chi connectivity index (χ4n) is 2.80. The molecular weight excluding hydrogens is 382 g/mol. The van der Waals surface area contributed by atoms with Gasteiger partial charge in [-0.3, -0.25) is 4.79 Å². The third-order valence-electron chi connectivity index (χ3n) is 4.13. The highest BCUT2D eigenvalue weighted by Crippen LogP contribution is 2.31. The number of rotatable bonds is 4. The normalized spacial score (nSPS) is 18.3. The average Bonchev–Trinajstić information content (AvgIpc) is 3.12. The minimum absolute atomic E-state index is 0.104. The zero-order valence-electron chi connectivity index (χ0n) is 13.5. The van der Waals surface area contributed by atoms with Crippen LogP contribution in [0.2, 0.25) is 5.02 Å². The lowest BCUT2D eigenvalue weighted by atomic mass is 10.0. The summed E-state index contributed by atoms with van der Waals surface area (Å²) < 4.78 is 26.0. The number of hydrogen-bond acceptors (Lipinski definition) is 5. The van der Waals surface area contributed by atoms with Crippen molar-refractivity contribution in [2.45, 2.75) is 10.9 Å². The molecule has 1 unspecified atom stereocenters. The Kier molecular flexibility index (Phi) is 5.45. The van der Waals surface area contributed by atoms with Crippen molar-refractivity contribution < 1.29 is 13.2 Å². The van der Waals surface area contributed by atoms with Crippen molar-refractivity contribution in [3.63, 3.8) is 0 Å². The van der Waals surface area contributed by atoms with Crippen LogP contribution in [-0.4, -0.2) is 45.9 Å². The lowest BCUT2D eigenvalue weighted by Crippen LogP contribution is -2.48. The minimum Gasteiger partial charge on any atom is -0.328 e. The molecule has 1 amide bonds. The molecule has 1 aromatic heterocycles. The van der Waals surface area contributed by atoms with E-state index >= 15 is 0 Å². The van der Waals surface area contributed by atoms with Crippen LogP contribution in [0.15, 0.2) is 40.6 Å². The SMILES string of the molecule is CNS(=O)(=O)c1csc(C(=O)N2CCNCC2c2ccccc2Cl)c1. The van der Waals surface area contributed by atoms with E-state index in [1.807, 2.05) is 18.2 Å². The number of carbonyl (C=O) groups excluding carboxylic acids is 1. The lowest BCUT2D eigenvalue weighted by Gasteiger charge is -2.36. The highest BCUT2D eigenvalue weighted by molar-refractivity contribution is 7.89. The number of thiophene rings is 1. The summed E-state index contributed by atoms with van der Waals surface area (Å²) in [6.07, 6.45) is 0. The highest BCUT2D eigenvalue weighted by Gasteiger charge is 2.31. The molecule has 2 aromatic rings. The maximum Gasteiger partial charge on any atom is 0.264 e. The van der Waals surface area contributed by atoms with E-state index in [2.05, 4.69) is 10.0 Å². The number of nitrogens with zero attached hydrogens (tertiary/aromatic N) is 1. The quantitative estimate of drug-likeness (QED) is 0.825. The monoisotopic (exact) mass is 399 g/mol. The van der Waals surface area contributed by atoms with E-state index in [0.29, 0.717) is 29.5 Å². The smallest absolute Gasteiger partial charge is 0.264 e. The second kappa shape index (κ2) is 7.43. The van der Waals surface area contributed by atoms with Crippen LogP contribution in [0.1, 0.15) is 21.3 Å². The van der Waals surface area contributed by atoms with Gasteiger partial charge in [-0.15, -0.1) is 11.3 Å². The average molecular weight is 400 g/mol. The summed E-state index contributed by atoms with van der Waals surface area (Å²) in [7, 11) is -2.21. The Bertz CT molecular complexity index is 882. The number of amides is 1. The second-order valence-corrected chi connectivity index (χ2v) is 8.80. The number of piperazine rings is 1. The molecule has 0 bridgehead atoms. The number of halogens is 1. The molecule has 1 saturated heterocycles. The molecule has 1 atom stereocenters. The zero-order valence-corrected chi connectivity index (χ0v) is 15.9. The third kappa shape index (κ3) is 3.73. The van der Waals surface area contributed by atoms with Crippen molar-refractivity contribution in [1.82, 2.24) is 14.9 Å². The van der Waals surface area contributed by atoms with Crippen LogP contribution in [0.5, 0.6) is 0 Å². The van der Waals surface area contributed by atoms with E-state index in [1.165, 1.54) is 18.5 Å². The van der Waals surface area contributed by atoms with Crippen LogP contribution in [0, 0.1) is 0 Å². The summed E-state index contributed by atoms with van der Waals surface area (Å²) in [5, 5.41) is 5.37. The molecule has 0 radical (unpaired) electrons. The predicted octanol–water partition coefficient (Wildman–Crippen LogP) is 2.10. The summed E-state index contributed by atoms with van der Waals surface area (Å²) in [6, 6.07) is 8.68. The molecule has 2 N–H and O–H groups in total. The first kappa shape index (κ1) is 18.3. The summed E-state index contributed by atoms with van der Waals surface area (Å²) in [5.41, 5.74) is 0.879. The second-order valence-electron chi connectivity index (χ2n) is 5.59. The van der Waals surface area contributed by atoms with Crippen LogP contribution in [0.4, 0.5) is 0 Å². The molecule has 25 heavy (non-hydrogen) atoms. The van der Waals surface area contributed by atoms with Crippen LogP contribution in [0.25, 0.3) is 0 Å². The zero-order chi connectivity index (χ0) is 18.0. The number of sulfonamides is 1. The van der Waals surface area contributed by atoms with Gasteiger partial charge in [-0.05, 0) is 24.7 Å². The Morgan fingerprint density at radius 2 is 2.16 bits per heavy atom. The number of benzene rings is 1. The minimum atomic E-state index is -3.56. The van der Waals surface area contributed by atoms with E-state index in [9.17, 15) is 13.2 Å². The van der Waals surface area contributed by atoms with Crippen LogP contribution in [0.3, 0.4) is 0 Å². The predicted molar refractivity (Wildman–Crippen MR) is 98.7 cm³/mol. The van der Waals surface area contributed by atoms with Gasteiger partial charge in [0.05, 0.1) is 15.8 Å². The molecule has 1 aliphatic rings. The van der Waals surface area contributed by atoms with Crippen LogP contribution < -0.4 is 10.0 Å². The van der Waals surface area contributed by atoms with Crippen molar-refractivity contribution in [1.29, 1.82) is 0 Å². The number of nitrogens with one attached hydrogen (secondary N) is 2. The molecule has 0 aliphatic carbocycles. The number of hydrogen-bond donors (Lipinski definition) is 2. The fraction of sp³-hybridized carbons (Fsp3) is 0.312. The van der Waals surface area contributed by atoms with Gasteiger partial charge in [0.25, 0.3) is 5.91 Å². The maximum atomic E-state index is 13.0. The molecule has 1 fully saturated rings. The van der Waals surface area contributed by atoms with Gasteiger partial charge >= 0.3 is 0 Å². The summed E-state index contributed by atoms with van der Waals surface area (Å²) in [6.45, 7) is 1.81. The largest absolute Gasteiger partial charge is 0.328 e. The topological polar surface area (TPSA) is 78.5 Å². The fourth-order valence-corrected chi connectivity index (χ4v) is 5.02. The van der Waals surface area contributed by atoms with Gasteiger partial charge in [0.2, 0.25) is 10.0 Å². The van der Waals surface area contributed by atoms with Crippen LogP contribution in [-0.2, 0) is 10.0 Å². The highest BCUT2D eigenvalue weighted by atomic mass is 35.5. The van der Waals surface area contributed by atoms with Crippen molar-refractivity contribution >= 4 is 38.9 Å². The van der Waals surface area contributed by atoms with Crippen molar-refractivity contribution in [3.8, 4) is 0 Å². The Labute approximate surface area is 155 Å². The molecule has 3 rings (SSSR count). The van der Waals surface area contributed by atoms with E-state index < -0.39 is 10.0 Å². The van der Waals surface area contributed by atoms with Crippen molar-refractivity contribution in [2.24, 2.45) is 0 Å².